The zero-order valence-corrected chi connectivity index (χ0v) is 18.1. The molecule has 2 aromatic heterocycles. The minimum atomic E-state index is -0.516. The van der Waals surface area contributed by atoms with Crippen LogP contribution in [0.25, 0.3) is 12.2 Å². The van der Waals surface area contributed by atoms with Crippen molar-refractivity contribution in [2.45, 2.75) is 20.3 Å². The molecule has 0 aliphatic heterocycles. The summed E-state index contributed by atoms with van der Waals surface area (Å²) in [6.45, 7) is 3.83. The van der Waals surface area contributed by atoms with E-state index in [-0.39, 0.29) is 13.2 Å². The molecule has 0 radical (unpaired) electrons. The summed E-state index contributed by atoms with van der Waals surface area (Å²) in [4.78, 5) is 23.5. The summed E-state index contributed by atoms with van der Waals surface area (Å²) in [6, 6.07) is 0. The number of esters is 2. The largest absolute Gasteiger partial charge is 0.462 e. The zero-order chi connectivity index (χ0) is 21.6. The molecule has 2 heterocycles. The molecule has 10 heteroatoms. The summed E-state index contributed by atoms with van der Waals surface area (Å²) < 4.78 is 13.2. The Morgan fingerprint density at radius 3 is 1.55 bits per heavy atom. The molecular formula is C19H22Cl2N4O4. The van der Waals surface area contributed by atoms with E-state index in [1.165, 1.54) is 21.5 Å². The maximum Gasteiger partial charge on any atom is 0.330 e. The van der Waals surface area contributed by atoms with Gasteiger partial charge in [0.1, 0.15) is 10.3 Å². The lowest BCUT2D eigenvalue weighted by Gasteiger charge is -2.03. The molecule has 0 fully saturated rings. The van der Waals surface area contributed by atoms with Crippen LogP contribution in [0, 0.1) is 13.8 Å². The molecule has 0 N–H and O–H groups in total. The van der Waals surface area contributed by atoms with Crippen molar-refractivity contribution < 1.29 is 19.1 Å². The summed E-state index contributed by atoms with van der Waals surface area (Å²) in [5.74, 6) is -1.03. The quantitative estimate of drug-likeness (QED) is 0.355. The highest BCUT2D eigenvalue weighted by Gasteiger charge is 2.10. The molecule has 0 unspecified atom stereocenters. The first kappa shape index (κ1) is 22.7. The molecule has 156 valence electrons. The van der Waals surface area contributed by atoms with Gasteiger partial charge in [-0.3, -0.25) is 9.36 Å². The van der Waals surface area contributed by atoms with Crippen LogP contribution in [0.4, 0.5) is 0 Å². The van der Waals surface area contributed by atoms with E-state index >= 15 is 0 Å². The first-order valence-corrected chi connectivity index (χ1v) is 9.54. The highest BCUT2D eigenvalue weighted by Crippen LogP contribution is 2.20. The van der Waals surface area contributed by atoms with Gasteiger partial charge in [0.25, 0.3) is 0 Å². The highest BCUT2D eigenvalue weighted by molar-refractivity contribution is 6.31. The SMILES string of the molecule is Cc1nn(C)c(Cl)c1/C=C/C(=O)OCCCOC(=O)/C=C/c1c(C)nn(C)c1Cl. The number of halogens is 2. The number of ether oxygens (including phenoxy) is 2. The summed E-state index contributed by atoms with van der Waals surface area (Å²) >= 11 is 12.2. The third-order valence-corrected chi connectivity index (χ3v) is 4.84. The molecule has 2 rings (SSSR count). The molecule has 29 heavy (non-hydrogen) atoms. The van der Waals surface area contributed by atoms with Crippen molar-refractivity contribution in [3.8, 4) is 0 Å². The van der Waals surface area contributed by atoms with E-state index in [2.05, 4.69) is 10.2 Å². The van der Waals surface area contributed by atoms with E-state index in [0.29, 0.717) is 39.2 Å². The maximum absolute atomic E-state index is 11.7. The first-order valence-electron chi connectivity index (χ1n) is 8.78. The van der Waals surface area contributed by atoms with Crippen molar-refractivity contribution in [1.29, 1.82) is 0 Å². The number of aryl methyl sites for hydroxylation is 4. The number of carbonyl (C=O) groups excluding carboxylic acids is 2. The van der Waals surface area contributed by atoms with Gasteiger partial charge in [0.2, 0.25) is 0 Å². The second-order valence-corrected chi connectivity index (χ2v) is 6.90. The van der Waals surface area contributed by atoms with Gasteiger partial charge < -0.3 is 9.47 Å². The number of carbonyl (C=O) groups is 2. The second kappa shape index (κ2) is 10.3. The van der Waals surface area contributed by atoms with Crippen LogP contribution < -0.4 is 0 Å². The van der Waals surface area contributed by atoms with E-state index in [0.717, 1.165) is 0 Å². The maximum atomic E-state index is 11.7. The van der Waals surface area contributed by atoms with Gasteiger partial charge in [0, 0.05) is 43.8 Å². The summed E-state index contributed by atoms with van der Waals surface area (Å²) in [6.07, 6.45) is 6.06. The predicted molar refractivity (Wildman–Crippen MR) is 111 cm³/mol. The van der Waals surface area contributed by atoms with Crippen molar-refractivity contribution in [3.05, 3.63) is 45.0 Å². The lowest BCUT2D eigenvalue weighted by Crippen LogP contribution is -2.08. The van der Waals surface area contributed by atoms with Crippen molar-refractivity contribution in [2.75, 3.05) is 13.2 Å². The van der Waals surface area contributed by atoms with Crippen LogP contribution >= 0.6 is 23.2 Å². The van der Waals surface area contributed by atoms with Gasteiger partial charge in [-0.05, 0) is 26.0 Å². The molecule has 0 bridgehead atoms. The van der Waals surface area contributed by atoms with Gasteiger partial charge in [-0.2, -0.15) is 10.2 Å². The van der Waals surface area contributed by atoms with Crippen LogP contribution in [0.3, 0.4) is 0 Å². The predicted octanol–water partition coefficient (Wildman–Crippen LogP) is 3.28. The monoisotopic (exact) mass is 440 g/mol. The molecule has 0 aliphatic rings. The molecule has 0 aromatic carbocycles. The molecule has 0 saturated heterocycles. The normalized spacial score (nSPS) is 11.5. The van der Waals surface area contributed by atoms with Crippen LogP contribution in [-0.4, -0.2) is 44.7 Å². The fourth-order valence-corrected chi connectivity index (χ4v) is 2.95. The van der Waals surface area contributed by atoms with Gasteiger partial charge in [-0.1, -0.05) is 23.2 Å². The van der Waals surface area contributed by atoms with Gasteiger partial charge in [0.15, 0.2) is 0 Å². The highest BCUT2D eigenvalue weighted by atomic mass is 35.5. The van der Waals surface area contributed by atoms with Crippen LogP contribution in [0.15, 0.2) is 12.2 Å². The molecular weight excluding hydrogens is 419 g/mol. The lowest BCUT2D eigenvalue weighted by atomic mass is 10.2. The van der Waals surface area contributed by atoms with E-state index in [4.69, 9.17) is 32.7 Å². The van der Waals surface area contributed by atoms with Crippen LogP contribution in [0.1, 0.15) is 28.9 Å². The van der Waals surface area contributed by atoms with Crippen molar-refractivity contribution in [1.82, 2.24) is 19.6 Å². The minimum Gasteiger partial charge on any atom is -0.462 e. The number of nitrogens with zero attached hydrogens (tertiary/aromatic N) is 4. The third kappa shape index (κ3) is 6.20. The average Bonchev–Trinajstić information content (AvgIpc) is 3.05. The zero-order valence-electron chi connectivity index (χ0n) is 16.6. The molecule has 0 atom stereocenters. The second-order valence-electron chi connectivity index (χ2n) is 6.18. The Morgan fingerprint density at radius 1 is 0.862 bits per heavy atom. The number of aromatic nitrogens is 4. The Morgan fingerprint density at radius 2 is 1.24 bits per heavy atom. The number of rotatable bonds is 8. The van der Waals surface area contributed by atoms with E-state index in [1.807, 2.05) is 0 Å². The topological polar surface area (TPSA) is 88.2 Å². The Kier molecular flexibility index (Phi) is 8.04. The summed E-state index contributed by atoms with van der Waals surface area (Å²) in [7, 11) is 3.43. The Balaban J connectivity index is 1.70. The smallest absolute Gasteiger partial charge is 0.330 e. The molecule has 0 amide bonds. The van der Waals surface area contributed by atoms with E-state index in [1.54, 1.807) is 40.1 Å². The van der Waals surface area contributed by atoms with E-state index < -0.39 is 11.9 Å². The lowest BCUT2D eigenvalue weighted by molar-refractivity contribution is -0.140. The third-order valence-electron chi connectivity index (χ3n) is 3.94. The standard InChI is InChI=1S/C19H22Cl2N4O4/c1-12-14(18(20)24(3)22-12)6-8-16(26)28-10-5-11-29-17(27)9-7-15-13(2)23-25(4)19(15)21/h6-9H,5,10-11H2,1-4H3/b8-6+,9-7+. The fourth-order valence-electron chi connectivity index (χ4n) is 2.47. The van der Waals surface area contributed by atoms with Gasteiger partial charge in [0.05, 0.1) is 24.6 Å². The van der Waals surface area contributed by atoms with E-state index in [9.17, 15) is 9.59 Å². The fraction of sp³-hybridized carbons (Fsp3) is 0.368. The number of hydrogen-bond acceptors (Lipinski definition) is 6. The molecule has 0 saturated carbocycles. The van der Waals surface area contributed by atoms with Gasteiger partial charge >= 0.3 is 11.9 Å². The first-order chi connectivity index (χ1) is 13.7. The summed E-state index contributed by atoms with van der Waals surface area (Å²) in [5, 5.41) is 9.18. The van der Waals surface area contributed by atoms with Crippen LogP contribution in [0.5, 0.6) is 0 Å². The minimum absolute atomic E-state index is 0.119. The van der Waals surface area contributed by atoms with Crippen molar-refractivity contribution in [3.63, 3.8) is 0 Å². The molecule has 0 spiro atoms. The van der Waals surface area contributed by atoms with Crippen LogP contribution in [0.2, 0.25) is 10.3 Å². The van der Waals surface area contributed by atoms with Gasteiger partial charge in [-0.15, -0.1) is 0 Å². The van der Waals surface area contributed by atoms with Crippen molar-refractivity contribution >= 4 is 47.3 Å². The molecule has 2 aromatic rings. The van der Waals surface area contributed by atoms with Gasteiger partial charge in [-0.25, -0.2) is 9.59 Å². The Hall–Kier alpha value is -2.58. The Labute approximate surface area is 178 Å². The summed E-state index contributed by atoms with van der Waals surface area (Å²) in [5.41, 5.74) is 2.75. The number of hydrogen-bond donors (Lipinski definition) is 0. The molecule has 0 aliphatic carbocycles. The van der Waals surface area contributed by atoms with Crippen molar-refractivity contribution in [2.24, 2.45) is 14.1 Å². The Bertz CT molecular complexity index is 884. The van der Waals surface area contributed by atoms with Crippen LogP contribution in [-0.2, 0) is 33.2 Å². The molecule has 8 nitrogen and oxygen atoms in total. The average molecular weight is 441 g/mol.